The molecule has 0 amide bonds. The Bertz CT molecular complexity index is 510. The fourth-order valence-electron chi connectivity index (χ4n) is 1.48. The van der Waals surface area contributed by atoms with E-state index >= 15 is 0 Å². The standard InChI is InChI=1S/C13H17N3OS/c1-9(2)14-13-15-12(16-17-13)8-18-11-7-5-4-6-10(11)3/h4-7,9H,8H2,1-3H3,(H,14,15,16). The molecule has 96 valence electrons. The molecule has 4 nitrogen and oxygen atoms in total. The highest BCUT2D eigenvalue weighted by molar-refractivity contribution is 7.98. The molecule has 0 saturated carbocycles. The minimum atomic E-state index is 0.294. The number of thioether (sulfide) groups is 1. The molecule has 18 heavy (non-hydrogen) atoms. The van der Waals surface area contributed by atoms with Crippen LogP contribution in [-0.4, -0.2) is 16.2 Å². The smallest absolute Gasteiger partial charge is 0.321 e. The maximum Gasteiger partial charge on any atom is 0.321 e. The molecule has 0 radical (unpaired) electrons. The quantitative estimate of drug-likeness (QED) is 0.837. The van der Waals surface area contributed by atoms with Gasteiger partial charge in [-0.3, -0.25) is 0 Å². The third kappa shape index (κ3) is 3.50. The van der Waals surface area contributed by atoms with Crippen molar-refractivity contribution >= 4 is 17.8 Å². The number of nitrogens with one attached hydrogen (secondary N) is 1. The highest BCUT2D eigenvalue weighted by atomic mass is 32.2. The van der Waals surface area contributed by atoms with E-state index in [1.165, 1.54) is 10.5 Å². The summed E-state index contributed by atoms with van der Waals surface area (Å²) in [6.45, 7) is 6.17. The van der Waals surface area contributed by atoms with Crippen LogP contribution in [0.25, 0.3) is 0 Å². The maximum absolute atomic E-state index is 5.11. The molecular formula is C13H17N3OS. The predicted octanol–water partition coefficient (Wildman–Crippen LogP) is 3.49. The highest BCUT2D eigenvalue weighted by Crippen LogP contribution is 2.24. The molecule has 0 unspecified atom stereocenters. The second kappa shape index (κ2) is 5.91. The number of aromatic nitrogens is 2. The molecule has 2 rings (SSSR count). The maximum atomic E-state index is 5.11. The first-order valence-electron chi connectivity index (χ1n) is 5.92. The molecule has 0 spiro atoms. The summed E-state index contributed by atoms with van der Waals surface area (Å²) in [7, 11) is 0. The first-order valence-corrected chi connectivity index (χ1v) is 6.91. The van der Waals surface area contributed by atoms with Gasteiger partial charge in [-0.05, 0) is 32.4 Å². The Balaban J connectivity index is 1.94. The van der Waals surface area contributed by atoms with Crippen molar-refractivity contribution in [2.45, 2.75) is 37.5 Å². The lowest BCUT2D eigenvalue weighted by atomic mass is 10.2. The number of hydrogen-bond acceptors (Lipinski definition) is 5. The van der Waals surface area contributed by atoms with Gasteiger partial charge >= 0.3 is 6.01 Å². The van der Waals surface area contributed by atoms with Crippen LogP contribution in [0.15, 0.2) is 33.7 Å². The summed E-state index contributed by atoms with van der Waals surface area (Å²) >= 11 is 1.72. The number of hydrogen-bond donors (Lipinski definition) is 1. The first-order chi connectivity index (χ1) is 8.65. The van der Waals surface area contributed by atoms with Crippen LogP contribution in [-0.2, 0) is 5.75 Å². The van der Waals surface area contributed by atoms with E-state index in [0.717, 1.165) is 0 Å². The SMILES string of the molecule is Cc1ccccc1SCc1noc(NC(C)C)n1. The Hall–Kier alpha value is -1.49. The molecule has 0 aliphatic heterocycles. The molecule has 0 aliphatic rings. The summed E-state index contributed by atoms with van der Waals surface area (Å²) in [6, 6.07) is 9.07. The summed E-state index contributed by atoms with van der Waals surface area (Å²) in [6.07, 6.45) is 0. The lowest BCUT2D eigenvalue weighted by molar-refractivity contribution is 0.422. The Morgan fingerprint density at radius 1 is 1.33 bits per heavy atom. The Labute approximate surface area is 111 Å². The number of benzene rings is 1. The molecule has 5 heteroatoms. The minimum Gasteiger partial charge on any atom is -0.336 e. The molecular weight excluding hydrogens is 246 g/mol. The minimum absolute atomic E-state index is 0.294. The number of nitrogens with zero attached hydrogens (tertiary/aromatic N) is 2. The second-order valence-electron chi connectivity index (χ2n) is 4.37. The van der Waals surface area contributed by atoms with Crippen LogP contribution in [0.4, 0.5) is 6.01 Å². The van der Waals surface area contributed by atoms with Gasteiger partial charge in [0.25, 0.3) is 0 Å². The molecule has 1 N–H and O–H groups in total. The number of rotatable bonds is 5. The van der Waals surface area contributed by atoms with E-state index in [9.17, 15) is 0 Å². The van der Waals surface area contributed by atoms with Crippen LogP contribution in [0.2, 0.25) is 0 Å². The van der Waals surface area contributed by atoms with E-state index in [1.807, 2.05) is 26.0 Å². The summed E-state index contributed by atoms with van der Waals surface area (Å²) in [4.78, 5) is 5.54. The third-order valence-corrected chi connectivity index (χ3v) is 3.50. The van der Waals surface area contributed by atoms with Crippen LogP contribution in [0.5, 0.6) is 0 Å². The van der Waals surface area contributed by atoms with Crippen molar-refractivity contribution in [3.05, 3.63) is 35.7 Å². The van der Waals surface area contributed by atoms with Crippen LogP contribution in [0, 0.1) is 6.92 Å². The largest absolute Gasteiger partial charge is 0.336 e. The van der Waals surface area contributed by atoms with E-state index in [4.69, 9.17) is 4.52 Å². The topological polar surface area (TPSA) is 51.0 Å². The zero-order valence-corrected chi connectivity index (χ0v) is 11.6. The average Bonchev–Trinajstić information content (AvgIpc) is 2.75. The summed E-state index contributed by atoms with van der Waals surface area (Å²) in [5.41, 5.74) is 1.27. The van der Waals surface area contributed by atoms with Crippen molar-refractivity contribution in [2.24, 2.45) is 0 Å². The van der Waals surface area contributed by atoms with Gasteiger partial charge in [-0.25, -0.2) is 0 Å². The van der Waals surface area contributed by atoms with Crippen LogP contribution in [0.1, 0.15) is 25.2 Å². The molecule has 1 heterocycles. The molecule has 1 aromatic carbocycles. The van der Waals surface area contributed by atoms with Gasteiger partial charge in [-0.2, -0.15) is 4.98 Å². The van der Waals surface area contributed by atoms with E-state index in [2.05, 4.69) is 34.5 Å². The number of anilines is 1. The van der Waals surface area contributed by atoms with Crippen molar-refractivity contribution in [2.75, 3.05) is 5.32 Å². The molecule has 0 saturated heterocycles. The van der Waals surface area contributed by atoms with E-state index in [1.54, 1.807) is 11.8 Å². The molecule has 1 aromatic heterocycles. The van der Waals surface area contributed by atoms with Crippen molar-refractivity contribution in [3.63, 3.8) is 0 Å². The van der Waals surface area contributed by atoms with Gasteiger partial charge in [-0.15, -0.1) is 11.8 Å². The molecule has 0 fully saturated rings. The number of aryl methyl sites for hydroxylation is 1. The monoisotopic (exact) mass is 263 g/mol. The summed E-state index contributed by atoms with van der Waals surface area (Å²) in [5, 5.41) is 7.03. The van der Waals surface area contributed by atoms with Gasteiger partial charge in [0.05, 0.1) is 5.75 Å². The van der Waals surface area contributed by atoms with Crippen LogP contribution >= 0.6 is 11.8 Å². The van der Waals surface area contributed by atoms with Crippen molar-refractivity contribution in [1.82, 2.24) is 10.1 Å². The van der Waals surface area contributed by atoms with Crippen molar-refractivity contribution in [1.29, 1.82) is 0 Å². The zero-order chi connectivity index (χ0) is 13.0. The lowest BCUT2D eigenvalue weighted by Gasteiger charge is -2.02. The van der Waals surface area contributed by atoms with Gasteiger partial charge in [0.2, 0.25) is 0 Å². The van der Waals surface area contributed by atoms with E-state index in [-0.39, 0.29) is 0 Å². The first kappa shape index (κ1) is 13.0. The Morgan fingerprint density at radius 2 is 2.11 bits per heavy atom. The van der Waals surface area contributed by atoms with Crippen LogP contribution < -0.4 is 5.32 Å². The summed E-state index contributed by atoms with van der Waals surface area (Å²) < 4.78 is 5.11. The van der Waals surface area contributed by atoms with Crippen LogP contribution in [0.3, 0.4) is 0 Å². The fourth-order valence-corrected chi connectivity index (χ4v) is 2.35. The van der Waals surface area contributed by atoms with Crippen molar-refractivity contribution < 1.29 is 4.52 Å². The van der Waals surface area contributed by atoms with Crippen molar-refractivity contribution in [3.8, 4) is 0 Å². The van der Waals surface area contributed by atoms with Gasteiger partial charge in [-0.1, -0.05) is 23.4 Å². The molecule has 0 aliphatic carbocycles. The Morgan fingerprint density at radius 3 is 2.83 bits per heavy atom. The molecule has 0 bridgehead atoms. The highest BCUT2D eigenvalue weighted by Gasteiger charge is 2.08. The Kier molecular flexibility index (Phi) is 4.25. The molecule has 0 atom stereocenters. The lowest BCUT2D eigenvalue weighted by Crippen LogP contribution is -2.09. The van der Waals surface area contributed by atoms with Gasteiger partial charge < -0.3 is 9.84 Å². The average molecular weight is 263 g/mol. The fraction of sp³-hybridized carbons (Fsp3) is 0.385. The predicted molar refractivity (Wildman–Crippen MR) is 73.8 cm³/mol. The zero-order valence-electron chi connectivity index (χ0n) is 10.8. The summed E-state index contributed by atoms with van der Waals surface area (Å²) in [5.74, 6) is 1.43. The van der Waals surface area contributed by atoms with Gasteiger partial charge in [0.15, 0.2) is 5.82 Å². The second-order valence-corrected chi connectivity index (χ2v) is 5.39. The normalized spacial score (nSPS) is 10.9. The van der Waals surface area contributed by atoms with E-state index < -0.39 is 0 Å². The molecule has 2 aromatic rings. The van der Waals surface area contributed by atoms with Gasteiger partial charge in [0, 0.05) is 10.9 Å². The van der Waals surface area contributed by atoms with E-state index in [0.29, 0.717) is 23.6 Å². The third-order valence-electron chi connectivity index (χ3n) is 2.33. The van der Waals surface area contributed by atoms with Gasteiger partial charge in [0.1, 0.15) is 0 Å².